The molecule has 0 unspecified atom stereocenters. The average Bonchev–Trinajstić information content (AvgIpc) is 2.60. The van der Waals surface area contributed by atoms with E-state index in [0.717, 1.165) is 12.5 Å². The van der Waals surface area contributed by atoms with Crippen LogP contribution in [0.25, 0.3) is 10.6 Å². The molecule has 0 aromatic carbocycles. The van der Waals surface area contributed by atoms with Crippen LogP contribution in [0, 0.1) is 48.9 Å². The van der Waals surface area contributed by atoms with Gasteiger partial charge >= 0.3 is 35.6 Å². The van der Waals surface area contributed by atoms with Crippen molar-refractivity contribution in [2.24, 2.45) is 5.92 Å². The molecule has 3 nitrogen and oxygen atoms in total. The third-order valence-electron chi connectivity index (χ3n) is 2.16. The van der Waals surface area contributed by atoms with E-state index in [4.69, 9.17) is 4.74 Å². The van der Waals surface area contributed by atoms with Gasteiger partial charge in [-0.1, -0.05) is 12.8 Å². The van der Waals surface area contributed by atoms with E-state index < -0.39 is 0 Å². The van der Waals surface area contributed by atoms with Crippen LogP contribution in [0.4, 0.5) is 0 Å². The molecule has 0 amide bonds. The summed E-state index contributed by atoms with van der Waals surface area (Å²) in [5, 5.41) is 7.38. The number of ether oxygens (including phenoxy) is 1. The van der Waals surface area contributed by atoms with Gasteiger partial charge in [-0.3, -0.25) is 6.67 Å². The molecule has 1 rings (SSSR count). The minimum absolute atomic E-state index is 0. The molecule has 0 spiro atoms. The molecule has 1 aliphatic carbocycles. The second-order valence-electron chi connectivity index (χ2n) is 3.38. The van der Waals surface area contributed by atoms with Crippen LogP contribution in [0.5, 0.6) is 0 Å². The molecule has 0 heterocycles. The van der Waals surface area contributed by atoms with Crippen LogP contribution in [-0.2, 0) is 4.74 Å². The number of hydrogen-bond donors (Lipinski definition) is 0. The smallest absolute Gasteiger partial charge is 0.683 e. The predicted molar refractivity (Wildman–Crippen MR) is 63.7 cm³/mol. The van der Waals surface area contributed by atoms with Gasteiger partial charge in [0.15, 0.2) is 0 Å². The van der Waals surface area contributed by atoms with Crippen molar-refractivity contribution >= 4 is 0 Å². The van der Waals surface area contributed by atoms with Crippen molar-refractivity contribution in [3.63, 3.8) is 0 Å². The third kappa shape index (κ3) is 15.1. The second-order valence-corrected chi connectivity index (χ2v) is 3.38. The molecule has 0 bridgehead atoms. The Morgan fingerprint density at radius 1 is 1.13 bits per heavy atom. The summed E-state index contributed by atoms with van der Waals surface area (Å²) in [7, 11) is 5.28. The Balaban J connectivity index is -0.000000185. The fraction of sp³-hybridized carbons (Fsp3) is 0.909. The molecule has 0 aliphatic heterocycles. The van der Waals surface area contributed by atoms with E-state index in [1.807, 2.05) is 0 Å². The molecule has 0 radical (unpaired) electrons. The molecule has 88 valence electrons. The van der Waals surface area contributed by atoms with E-state index in [-0.39, 0.29) is 43.0 Å². The van der Waals surface area contributed by atoms with E-state index in [9.17, 15) is 0 Å². The molecule has 15 heavy (non-hydrogen) atoms. The summed E-state index contributed by atoms with van der Waals surface area (Å²) in [6.45, 7) is 1.62. The second kappa shape index (κ2) is 17.5. The van der Waals surface area contributed by atoms with Crippen LogP contribution >= 0.6 is 0 Å². The van der Waals surface area contributed by atoms with E-state index >= 15 is 0 Å². The van der Waals surface area contributed by atoms with Crippen LogP contribution < -0.4 is 0 Å². The normalized spacial score (nSPS) is 14.6. The molecule has 1 fully saturated rings. The average molecular weight is 340 g/mol. The van der Waals surface area contributed by atoms with Crippen molar-refractivity contribution in [2.75, 3.05) is 34.5 Å². The van der Waals surface area contributed by atoms with Crippen LogP contribution in [0.1, 0.15) is 25.7 Å². The SMILES string of the molecule is COCC1CCCC1.C[N-]C[N-]C.[CH3-].[La+3]. The molecule has 0 N–H and O–H groups in total. The Hall–Kier alpha value is 1.07. The Bertz CT molecular complexity index is 96.6. The van der Waals surface area contributed by atoms with Crippen LogP contribution in [0.15, 0.2) is 0 Å². The van der Waals surface area contributed by atoms with Gasteiger partial charge in [0.1, 0.15) is 0 Å². The van der Waals surface area contributed by atoms with Crippen LogP contribution in [0.3, 0.4) is 0 Å². The fourth-order valence-corrected chi connectivity index (χ4v) is 1.55. The molecular weight excluding hydrogens is 315 g/mol. The van der Waals surface area contributed by atoms with Gasteiger partial charge in [0, 0.05) is 13.7 Å². The standard InChI is InChI=1S/C7H14O.C3H8N2.CH3.La/c1-8-6-7-4-2-3-5-7;1-4-3-5-2;;/h7H,2-6H2,1H3;3H2,1-2H3;1H3;/q;-2;-1;+3. The Labute approximate surface area is 124 Å². The maximum Gasteiger partial charge on any atom is 3.00 e. The van der Waals surface area contributed by atoms with Gasteiger partial charge in [-0.25, -0.2) is 0 Å². The first kappa shape index (κ1) is 21.4. The zero-order chi connectivity index (χ0) is 9.94. The monoisotopic (exact) mass is 340 g/mol. The Morgan fingerprint density at radius 3 is 1.87 bits per heavy atom. The van der Waals surface area contributed by atoms with Crippen molar-refractivity contribution < 1.29 is 40.3 Å². The molecular formula is C11H25LaN2O. The van der Waals surface area contributed by atoms with Gasteiger partial charge < -0.3 is 22.8 Å². The summed E-state index contributed by atoms with van der Waals surface area (Å²) in [6, 6.07) is 0. The molecule has 0 aromatic rings. The summed E-state index contributed by atoms with van der Waals surface area (Å²) in [4.78, 5) is 0. The van der Waals surface area contributed by atoms with Gasteiger partial charge in [0.25, 0.3) is 0 Å². The molecule has 0 saturated heterocycles. The minimum Gasteiger partial charge on any atom is -0.683 e. The van der Waals surface area contributed by atoms with Gasteiger partial charge in [-0.05, 0) is 18.8 Å². The topological polar surface area (TPSA) is 37.4 Å². The maximum atomic E-state index is 5.03. The Morgan fingerprint density at radius 2 is 1.60 bits per heavy atom. The van der Waals surface area contributed by atoms with Gasteiger partial charge in [-0.15, -0.1) is 0 Å². The number of nitrogens with zero attached hydrogens (tertiary/aromatic N) is 2. The molecule has 4 heteroatoms. The van der Waals surface area contributed by atoms with Crippen molar-refractivity contribution in [1.29, 1.82) is 0 Å². The summed E-state index contributed by atoms with van der Waals surface area (Å²) in [5.41, 5.74) is 0. The summed E-state index contributed by atoms with van der Waals surface area (Å²) >= 11 is 0. The van der Waals surface area contributed by atoms with E-state index in [2.05, 4.69) is 10.6 Å². The molecule has 0 aromatic heterocycles. The maximum absolute atomic E-state index is 5.03. The number of rotatable bonds is 4. The zero-order valence-electron chi connectivity index (χ0n) is 10.7. The minimum atomic E-state index is 0. The third-order valence-corrected chi connectivity index (χ3v) is 2.16. The number of hydrogen-bond acceptors (Lipinski definition) is 1. The summed E-state index contributed by atoms with van der Waals surface area (Å²) < 4.78 is 5.03. The molecule has 1 aliphatic rings. The van der Waals surface area contributed by atoms with E-state index in [0.29, 0.717) is 6.67 Å². The van der Waals surface area contributed by atoms with E-state index in [1.54, 1.807) is 21.2 Å². The van der Waals surface area contributed by atoms with Crippen molar-refractivity contribution in [3.8, 4) is 0 Å². The first-order valence-electron chi connectivity index (χ1n) is 4.95. The Kier molecular flexibility index (Phi) is 24.9. The largest absolute Gasteiger partial charge is 3.00 e. The summed E-state index contributed by atoms with van der Waals surface area (Å²) in [6.07, 6.45) is 5.64. The van der Waals surface area contributed by atoms with Crippen molar-refractivity contribution in [3.05, 3.63) is 18.1 Å². The number of methoxy groups -OCH3 is 1. The van der Waals surface area contributed by atoms with Crippen molar-refractivity contribution in [1.82, 2.24) is 0 Å². The van der Waals surface area contributed by atoms with E-state index in [1.165, 1.54) is 25.7 Å². The van der Waals surface area contributed by atoms with Gasteiger partial charge in [0.2, 0.25) is 0 Å². The van der Waals surface area contributed by atoms with Gasteiger partial charge in [-0.2, -0.15) is 14.1 Å². The first-order chi connectivity index (χ1) is 6.35. The van der Waals surface area contributed by atoms with Crippen LogP contribution in [-0.4, -0.2) is 34.5 Å². The predicted octanol–water partition coefficient (Wildman–Crippen LogP) is 3.22. The van der Waals surface area contributed by atoms with Gasteiger partial charge in [0.05, 0.1) is 0 Å². The fourth-order valence-electron chi connectivity index (χ4n) is 1.55. The molecule has 0 atom stereocenters. The zero-order valence-corrected chi connectivity index (χ0v) is 14.3. The summed E-state index contributed by atoms with van der Waals surface area (Å²) in [5.74, 6) is 0.889. The molecule has 1 saturated carbocycles. The first-order valence-corrected chi connectivity index (χ1v) is 4.95. The van der Waals surface area contributed by atoms with Crippen molar-refractivity contribution in [2.45, 2.75) is 25.7 Å². The van der Waals surface area contributed by atoms with Crippen LogP contribution in [0.2, 0.25) is 0 Å². The quantitative estimate of drug-likeness (QED) is 0.724.